The minimum atomic E-state index is -0.571. The number of benzene rings is 3. The zero-order chi connectivity index (χ0) is 18.3. The van der Waals surface area contributed by atoms with E-state index >= 15 is 0 Å². The molecule has 1 aliphatic carbocycles. The van der Waals surface area contributed by atoms with E-state index < -0.39 is 6.10 Å². The van der Waals surface area contributed by atoms with Gasteiger partial charge in [-0.25, -0.2) is 0 Å². The van der Waals surface area contributed by atoms with Crippen molar-refractivity contribution < 1.29 is 9.53 Å². The lowest BCUT2D eigenvalue weighted by atomic mass is 10.0. The van der Waals surface area contributed by atoms with Gasteiger partial charge in [0.25, 0.3) is 5.91 Å². The van der Waals surface area contributed by atoms with Gasteiger partial charge in [-0.2, -0.15) is 0 Å². The van der Waals surface area contributed by atoms with Crippen LogP contribution in [0.4, 0.5) is 5.69 Å². The maximum absolute atomic E-state index is 12.7. The Morgan fingerprint density at radius 3 is 2.54 bits per heavy atom. The Balaban J connectivity index is 1.57. The maximum atomic E-state index is 12.7. The van der Waals surface area contributed by atoms with Crippen LogP contribution in [0.2, 0.25) is 0 Å². The van der Waals surface area contributed by atoms with Gasteiger partial charge in [0, 0.05) is 11.1 Å². The van der Waals surface area contributed by atoms with Crippen molar-refractivity contribution in [1.82, 2.24) is 0 Å². The molecule has 0 spiro atoms. The van der Waals surface area contributed by atoms with Gasteiger partial charge in [-0.15, -0.1) is 0 Å². The van der Waals surface area contributed by atoms with Crippen LogP contribution in [0, 0.1) is 13.8 Å². The lowest BCUT2D eigenvalue weighted by Gasteiger charge is -2.18. The van der Waals surface area contributed by atoms with E-state index in [4.69, 9.17) is 4.74 Å². The van der Waals surface area contributed by atoms with Crippen LogP contribution in [0.5, 0.6) is 5.75 Å². The zero-order valence-corrected chi connectivity index (χ0v) is 15.4. The zero-order valence-electron chi connectivity index (χ0n) is 15.4. The molecule has 0 unspecified atom stereocenters. The Bertz CT molecular complexity index is 996. The van der Waals surface area contributed by atoms with Gasteiger partial charge in [0.15, 0.2) is 6.10 Å². The second kappa shape index (κ2) is 6.49. The first-order valence-electron chi connectivity index (χ1n) is 9.12. The number of ether oxygens (including phenoxy) is 1. The molecule has 1 amide bonds. The maximum Gasteiger partial charge on any atom is 0.265 e. The fraction of sp³-hybridized carbons (Fsp3) is 0.261. The highest BCUT2D eigenvalue weighted by molar-refractivity contribution is 6.06. The van der Waals surface area contributed by atoms with Crippen molar-refractivity contribution in [3.05, 3.63) is 70.8 Å². The number of carbonyl (C=O) groups excluding carboxylic acids is 1. The van der Waals surface area contributed by atoms with Gasteiger partial charge in [-0.1, -0.05) is 36.4 Å². The molecule has 3 aromatic carbocycles. The lowest BCUT2D eigenvalue weighted by Crippen LogP contribution is -2.30. The van der Waals surface area contributed by atoms with Crippen LogP contribution in [0.25, 0.3) is 10.8 Å². The third kappa shape index (κ3) is 2.84. The number of anilines is 1. The number of carbonyl (C=O) groups is 1. The van der Waals surface area contributed by atoms with Gasteiger partial charge < -0.3 is 10.1 Å². The molecule has 0 bridgehead atoms. The van der Waals surface area contributed by atoms with E-state index in [1.165, 1.54) is 16.5 Å². The van der Waals surface area contributed by atoms with Crippen LogP contribution >= 0.6 is 0 Å². The molecule has 0 radical (unpaired) electrons. The van der Waals surface area contributed by atoms with E-state index in [0.29, 0.717) is 0 Å². The fourth-order valence-corrected chi connectivity index (χ4v) is 3.69. The topological polar surface area (TPSA) is 38.3 Å². The summed E-state index contributed by atoms with van der Waals surface area (Å²) in [6, 6.07) is 16.4. The highest BCUT2D eigenvalue weighted by atomic mass is 16.5. The molecular formula is C23H23NO2. The van der Waals surface area contributed by atoms with Gasteiger partial charge in [-0.3, -0.25) is 4.79 Å². The van der Waals surface area contributed by atoms with Gasteiger partial charge >= 0.3 is 0 Å². The fourth-order valence-electron chi connectivity index (χ4n) is 3.69. The van der Waals surface area contributed by atoms with Gasteiger partial charge in [0.2, 0.25) is 0 Å². The Morgan fingerprint density at radius 2 is 1.73 bits per heavy atom. The molecule has 26 heavy (non-hydrogen) atoms. The molecule has 0 fully saturated rings. The second-order valence-electron chi connectivity index (χ2n) is 7.06. The molecule has 1 aliphatic rings. The third-order valence-electron chi connectivity index (χ3n) is 5.36. The first-order chi connectivity index (χ1) is 12.5. The summed E-state index contributed by atoms with van der Waals surface area (Å²) in [4.78, 5) is 12.7. The van der Waals surface area contributed by atoms with Gasteiger partial charge in [-0.05, 0) is 73.4 Å². The first kappa shape index (κ1) is 16.6. The monoisotopic (exact) mass is 345 g/mol. The molecule has 0 saturated carbocycles. The van der Waals surface area contributed by atoms with Gasteiger partial charge in [0.1, 0.15) is 5.75 Å². The number of rotatable bonds is 4. The second-order valence-corrected chi connectivity index (χ2v) is 7.06. The van der Waals surface area contributed by atoms with Crippen LogP contribution in [0.15, 0.2) is 48.5 Å². The summed E-state index contributed by atoms with van der Waals surface area (Å²) in [5.41, 5.74) is 5.82. The Kier molecular flexibility index (Phi) is 4.15. The molecule has 0 saturated heterocycles. The average Bonchev–Trinajstić information content (AvgIpc) is 3.06. The Labute approximate surface area is 154 Å². The predicted octanol–water partition coefficient (Wildman–Crippen LogP) is 4.96. The molecule has 4 rings (SSSR count). The standard InChI is InChI=1S/C23H23NO2/c1-14-6-4-9-21(15(14)2)26-16(3)23(25)24-20-13-12-18-11-10-17-7-5-8-19(20)22(17)18/h4-9,12-13,16H,10-11H2,1-3H3,(H,24,25)/t16-/m1/s1. The third-order valence-corrected chi connectivity index (χ3v) is 5.36. The number of nitrogens with one attached hydrogen (secondary N) is 1. The summed E-state index contributed by atoms with van der Waals surface area (Å²) < 4.78 is 5.92. The van der Waals surface area contributed by atoms with Crippen molar-refractivity contribution in [1.29, 1.82) is 0 Å². The summed E-state index contributed by atoms with van der Waals surface area (Å²) in [6.07, 6.45) is 1.59. The van der Waals surface area contributed by atoms with E-state index in [1.807, 2.05) is 38.1 Å². The van der Waals surface area contributed by atoms with E-state index in [9.17, 15) is 4.79 Å². The molecule has 3 aromatic rings. The van der Waals surface area contributed by atoms with E-state index in [0.717, 1.165) is 40.8 Å². The van der Waals surface area contributed by atoms with E-state index in [1.54, 1.807) is 6.92 Å². The van der Waals surface area contributed by atoms with Crippen molar-refractivity contribution in [2.75, 3.05) is 5.32 Å². The van der Waals surface area contributed by atoms with Crippen LogP contribution in [-0.4, -0.2) is 12.0 Å². The number of amides is 1. The van der Waals surface area contributed by atoms with Crippen LogP contribution in [-0.2, 0) is 17.6 Å². The molecular weight excluding hydrogens is 322 g/mol. The molecule has 1 atom stereocenters. The largest absolute Gasteiger partial charge is 0.481 e. The minimum absolute atomic E-state index is 0.135. The number of aryl methyl sites for hydroxylation is 3. The number of hydrogen-bond acceptors (Lipinski definition) is 2. The Hall–Kier alpha value is -2.81. The molecule has 1 N–H and O–H groups in total. The molecule has 0 heterocycles. The van der Waals surface area contributed by atoms with Crippen molar-refractivity contribution >= 4 is 22.4 Å². The summed E-state index contributed by atoms with van der Waals surface area (Å²) in [5.74, 6) is 0.623. The molecule has 3 heteroatoms. The summed E-state index contributed by atoms with van der Waals surface area (Å²) >= 11 is 0. The Morgan fingerprint density at radius 1 is 1.00 bits per heavy atom. The van der Waals surface area contributed by atoms with Crippen molar-refractivity contribution in [3.8, 4) is 5.75 Å². The molecule has 0 aromatic heterocycles. The highest BCUT2D eigenvalue weighted by Crippen LogP contribution is 2.35. The van der Waals surface area contributed by atoms with Crippen molar-refractivity contribution in [2.45, 2.75) is 39.7 Å². The summed E-state index contributed by atoms with van der Waals surface area (Å²) in [5, 5.41) is 5.47. The molecule has 3 nitrogen and oxygen atoms in total. The molecule has 132 valence electrons. The molecule has 0 aliphatic heterocycles. The van der Waals surface area contributed by atoms with Gasteiger partial charge in [0.05, 0.1) is 0 Å². The SMILES string of the molecule is Cc1cccc(O[C@H](C)C(=O)Nc2ccc3c4c(cccc24)CC3)c1C. The average molecular weight is 345 g/mol. The normalized spacial score (nSPS) is 13.7. The van der Waals surface area contributed by atoms with Crippen LogP contribution in [0.3, 0.4) is 0 Å². The summed E-state index contributed by atoms with van der Waals surface area (Å²) in [6.45, 7) is 5.84. The van der Waals surface area contributed by atoms with E-state index in [2.05, 4.69) is 29.6 Å². The number of hydrogen-bond donors (Lipinski definition) is 1. The van der Waals surface area contributed by atoms with Crippen molar-refractivity contribution in [2.24, 2.45) is 0 Å². The van der Waals surface area contributed by atoms with Crippen molar-refractivity contribution in [3.63, 3.8) is 0 Å². The van der Waals surface area contributed by atoms with Crippen LogP contribution < -0.4 is 10.1 Å². The first-order valence-corrected chi connectivity index (χ1v) is 9.12. The highest BCUT2D eigenvalue weighted by Gasteiger charge is 2.20. The minimum Gasteiger partial charge on any atom is -0.481 e. The quantitative estimate of drug-likeness (QED) is 0.726. The van der Waals surface area contributed by atoms with E-state index in [-0.39, 0.29) is 5.91 Å². The smallest absolute Gasteiger partial charge is 0.265 e. The predicted molar refractivity (Wildman–Crippen MR) is 106 cm³/mol. The summed E-state index contributed by atoms with van der Waals surface area (Å²) in [7, 11) is 0. The van der Waals surface area contributed by atoms with Crippen LogP contribution in [0.1, 0.15) is 29.2 Å². The lowest BCUT2D eigenvalue weighted by molar-refractivity contribution is -0.122.